The van der Waals surface area contributed by atoms with Crippen molar-refractivity contribution in [1.82, 2.24) is 4.98 Å². The van der Waals surface area contributed by atoms with Crippen LogP contribution in [0.5, 0.6) is 0 Å². The maximum absolute atomic E-state index is 6.41. The zero-order valence-electron chi connectivity index (χ0n) is 15.3. The standard InChI is InChI=1S/C20H28N2O.BrH/c1-15(2)20(16(3)4)17(5)23-19(22-12-11-21-14-22)13-18-9-7-6-8-10-18;/h6-12,14-16,19H,13H2,1-5H3;1H. The van der Waals surface area contributed by atoms with E-state index in [9.17, 15) is 0 Å². The van der Waals surface area contributed by atoms with Gasteiger partial charge >= 0.3 is 0 Å². The molecular formula is C20H29BrN2O. The van der Waals surface area contributed by atoms with E-state index >= 15 is 0 Å². The normalized spacial score (nSPS) is 12.0. The quantitative estimate of drug-likeness (QED) is 0.563. The Kier molecular flexibility index (Phi) is 8.26. The number of benzene rings is 1. The molecule has 1 aromatic carbocycles. The van der Waals surface area contributed by atoms with Gasteiger partial charge < -0.3 is 21.7 Å². The summed E-state index contributed by atoms with van der Waals surface area (Å²) in [6, 6.07) is 10.5. The average Bonchev–Trinajstić information content (AvgIpc) is 3.01. The predicted octanol–water partition coefficient (Wildman–Crippen LogP) is 1.65. The number of halogens is 1. The third-order valence-electron chi connectivity index (χ3n) is 4.12. The van der Waals surface area contributed by atoms with Crippen molar-refractivity contribution >= 4 is 0 Å². The lowest BCUT2D eigenvalue weighted by Crippen LogP contribution is -3.00. The Bertz CT molecular complexity index is 608. The molecule has 4 heteroatoms. The van der Waals surface area contributed by atoms with Gasteiger partial charge in [-0.25, -0.2) is 0 Å². The highest BCUT2D eigenvalue weighted by Crippen LogP contribution is 2.26. The van der Waals surface area contributed by atoms with E-state index in [0.717, 1.165) is 12.2 Å². The van der Waals surface area contributed by atoms with Crippen molar-refractivity contribution < 1.29 is 26.3 Å². The first-order chi connectivity index (χ1) is 11.0. The molecular weight excluding hydrogens is 364 g/mol. The summed E-state index contributed by atoms with van der Waals surface area (Å²) in [6.45, 7) is 11.0. The summed E-state index contributed by atoms with van der Waals surface area (Å²) < 4.78 is 8.50. The maximum atomic E-state index is 6.41. The van der Waals surface area contributed by atoms with Crippen molar-refractivity contribution in [3.05, 3.63) is 65.9 Å². The number of imidazole rings is 1. The maximum Gasteiger partial charge on any atom is 0.245 e. The number of H-pyrrole nitrogens is 1. The molecule has 0 radical (unpaired) electrons. The summed E-state index contributed by atoms with van der Waals surface area (Å²) in [6.07, 6.45) is 6.68. The third-order valence-corrected chi connectivity index (χ3v) is 4.12. The van der Waals surface area contributed by atoms with E-state index in [4.69, 9.17) is 4.74 Å². The minimum Gasteiger partial charge on any atom is -1.00 e. The van der Waals surface area contributed by atoms with Crippen molar-refractivity contribution in [3.63, 3.8) is 0 Å². The smallest absolute Gasteiger partial charge is 0.245 e. The van der Waals surface area contributed by atoms with Crippen LogP contribution in [0.2, 0.25) is 0 Å². The number of rotatable bonds is 7. The monoisotopic (exact) mass is 392 g/mol. The molecule has 1 aromatic heterocycles. The number of hydrogen-bond acceptors (Lipinski definition) is 1. The molecule has 0 aliphatic rings. The fourth-order valence-electron chi connectivity index (χ4n) is 3.26. The summed E-state index contributed by atoms with van der Waals surface area (Å²) in [5.41, 5.74) is 2.66. The summed E-state index contributed by atoms with van der Waals surface area (Å²) in [7, 11) is 0. The van der Waals surface area contributed by atoms with Gasteiger partial charge in [-0.15, -0.1) is 0 Å². The lowest BCUT2D eigenvalue weighted by atomic mass is 9.91. The highest BCUT2D eigenvalue weighted by atomic mass is 79.9. The lowest BCUT2D eigenvalue weighted by molar-refractivity contribution is -0.758. The molecule has 0 aliphatic heterocycles. The van der Waals surface area contributed by atoms with Gasteiger partial charge in [0.2, 0.25) is 12.6 Å². The van der Waals surface area contributed by atoms with Gasteiger partial charge in [-0.05, 0) is 29.9 Å². The number of allylic oxidation sites excluding steroid dienone is 2. The number of aromatic amines is 1. The Morgan fingerprint density at radius 1 is 1.08 bits per heavy atom. The molecule has 1 N–H and O–H groups in total. The second-order valence-corrected chi connectivity index (χ2v) is 6.64. The molecule has 0 bridgehead atoms. The van der Waals surface area contributed by atoms with Crippen molar-refractivity contribution in [1.29, 1.82) is 0 Å². The second-order valence-electron chi connectivity index (χ2n) is 6.64. The molecule has 1 heterocycles. The number of nitrogens with one attached hydrogen (secondary N) is 1. The van der Waals surface area contributed by atoms with E-state index in [-0.39, 0.29) is 23.2 Å². The van der Waals surface area contributed by atoms with Crippen molar-refractivity contribution in [2.45, 2.75) is 47.3 Å². The minimum absolute atomic E-state index is 0. The average molecular weight is 393 g/mol. The van der Waals surface area contributed by atoms with Gasteiger partial charge in [-0.1, -0.05) is 58.0 Å². The van der Waals surface area contributed by atoms with Crippen LogP contribution in [0.1, 0.15) is 46.4 Å². The molecule has 2 rings (SSSR count). The Labute approximate surface area is 156 Å². The number of nitrogens with zero attached hydrogens (tertiary/aromatic N) is 1. The van der Waals surface area contributed by atoms with E-state index < -0.39 is 0 Å². The summed E-state index contributed by atoms with van der Waals surface area (Å²) in [5, 5.41) is 0. The fourth-order valence-corrected chi connectivity index (χ4v) is 3.26. The number of aromatic nitrogens is 2. The van der Waals surface area contributed by atoms with Crippen LogP contribution in [0.4, 0.5) is 0 Å². The minimum atomic E-state index is -0.0452. The Hall–Kier alpha value is -1.55. The van der Waals surface area contributed by atoms with Gasteiger partial charge in [0, 0.05) is 0 Å². The van der Waals surface area contributed by atoms with Crippen molar-refractivity contribution in [2.24, 2.45) is 11.8 Å². The predicted molar refractivity (Wildman–Crippen MR) is 93.6 cm³/mol. The second kappa shape index (κ2) is 9.67. The molecule has 2 aromatic rings. The van der Waals surface area contributed by atoms with Gasteiger partial charge in [0.1, 0.15) is 12.4 Å². The zero-order valence-corrected chi connectivity index (χ0v) is 16.9. The lowest BCUT2D eigenvalue weighted by Gasteiger charge is -2.23. The largest absolute Gasteiger partial charge is 1.00 e. The van der Waals surface area contributed by atoms with Gasteiger partial charge in [0.15, 0.2) is 0 Å². The molecule has 1 unspecified atom stereocenters. The van der Waals surface area contributed by atoms with Crippen molar-refractivity contribution in [3.8, 4) is 0 Å². The molecule has 132 valence electrons. The molecule has 0 fully saturated rings. The Morgan fingerprint density at radius 3 is 2.21 bits per heavy atom. The van der Waals surface area contributed by atoms with Crippen LogP contribution in [0.3, 0.4) is 0 Å². The van der Waals surface area contributed by atoms with Crippen LogP contribution in [0.15, 0.2) is 60.4 Å². The molecule has 1 atom stereocenters. The highest BCUT2D eigenvalue weighted by molar-refractivity contribution is 5.15. The van der Waals surface area contributed by atoms with Gasteiger partial charge in [-0.3, -0.25) is 4.98 Å². The molecule has 0 saturated heterocycles. The van der Waals surface area contributed by atoms with Crippen LogP contribution in [0.25, 0.3) is 0 Å². The number of hydrogen-bond donors (Lipinski definition) is 1. The Balaban J connectivity index is 0.00000288. The molecule has 0 aliphatic carbocycles. The molecule has 0 spiro atoms. The van der Waals surface area contributed by atoms with Crippen LogP contribution < -0.4 is 21.5 Å². The van der Waals surface area contributed by atoms with Crippen LogP contribution in [0, 0.1) is 11.8 Å². The topological polar surface area (TPSA) is 28.9 Å². The van der Waals surface area contributed by atoms with Gasteiger partial charge in [0.05, 0.1) is 12.2 Å². The Morgan fingerprint density at radius 2 is 1.71 bits per heavy atom. The first kappa shape index (κ1) is 20.5. The highest BCUT2D eigenvalue weighted by Gasteiger charge is 2.21. The van der Waals surface area contributed by atoms with Crippen LogP contribution in [-0.4, -0.2) is 4.98 Å². The van der Waals surface area contributed by atoms with E-state index in [2.05, 4.69) is 68.4 Å². The van der Waals surface area contributed by atoms with Gasteiger partial charge in [0.25, 0.3) is 0 Å². The third kappa shape index (κ3) is 5.52. The van der Waals surface area contributed by atoms with E-state index in [1.807, 2.05) is 24.8 Å². The van der Waals surface area contributed by atoms with E-state index in [1.54, 1.807) is 0 Å². The SMILES string of the molecule is CC(OC(Cc1ccccc1)[n+]1cc[nH]c1)=C(C(C)C)C(C)C.[Br-]. The summed E-state index contributed by atoms with van der Waals surface area (Å²) in [5.74, 6) is 2.02. The van der Waals surface area contributed by atoms with Crippen LogP contribution >= 0.6 is 0 Å². The summed E-state index contributed by atoms with van der Waals surface area (Å²) >= 11 is 0. The fraction of sp³-hybridized carbons (Fsp3) is 0.450. The molecule has 3 nitrogen and oxygen atoms in total. The molecule has 0 amide bonds. The number of ether oxygens (including phenoxy) is 1. The first-order valence-electron chi connectivity index (χ1n) is 8.43. The van der Waals surface area contributed by atoms with E-state index in [1.165, 1.54) is 11.1 Å². The first-order valence-corrected chi connectivity index (χ1v) is 8.43. The van der Waals surface area contributed by atoms with Crippen molar-refractivity contribution in [2.75, 3.05) is 0 Å². The zero-order chi connectivity index (χ0) is 16.8. The molecule has 24 heavy (non-hydrogen) atoms. The molecule has 0 saturated carbocycles. The van der Waals surface area contributed by atoms with E-state index in [0.29, 0.717) is 11.8 Å². The van der Waals surface area contributed by atoms with Gasteiger partial charge in [-0.2, -0.15) is 4.57 Å². The van der Waals surface area contributed by atoms with Crippen LogP contribution in [-0.2, 0) is 11.2 Å². The summed E-state index contributed by atoms with van der Waals surface area (Å²) in [4.78, 5) is 3.11.